The van der Waals surface area contributed by atoms with E-state index in [9.17, 15) is 9.18 Å². The summed E-state index contributed by atoms with van der Waals surface area (Å²) < 4.78 is 20.1. The largest absolute Gasteiger partial charge is 0.378 e. The Hall–Kier alpha value is -3.72. The van der Waals surface area contributed by atoms with Crippen molar-refractivity contribution in [2.24, 2.45) is 5.73 Å². The SMILES string of the molecule is NC(=O)[C@H]1CCCN1c1ccc(-c2ccnc(Nc3ccc(N4CCOCC4)c(F)c3)n2)cc1. The van der Waals surface area contributed by atoms with Crippen LogP contribution in [0.25, 0.3) is 11.3 Å². The van der Waals surface area contributed by atoms with E-state index in [1.165, 1.54) is 6.07 Å². The normalized spacial score (nSPS) is 18.2. The van der Waals surface area contributed by atoms with E-state index in [4.69, 9.17) is 10.5 Å². The number of morpholine rings is 1. The van der Waals surface area contributed by atoms with Gasteiger partial charge in [-0.3, -0.25) is 4.79 Å². The second-order valence-corrected chi connectivity index (χ2v) is 8.46. The van der Waals surface area contributed by atoms with Gasteiger partial charge in [0, 0.05) is 42.8 Å². The first-order chi connectivity index (χ1) is 16.6. The zero-order valence-electron chi connectivity index (χ0n) is 18.8. The maximum atomic E-state index is 14.7. The van der Waals surface area contributed by atoms with Gasteiger partial charge in [0.2, 0.25) is 11.9 Å². The minimum atomic E-state index is -0.296. The molecule has 2 aromatic carbocycles. The Kier molecular flexibility index (Phi) is 6.27. The number of amides is 1. The van der Waals surface area contributed by atoms with Gasteiger partial charge < -0.3 is 25.6 Å². The van der Waals surface area contributed by atoms with Crippen LogP contribution in [0.5, 0.6) is 0 Å². The van der Waals surface area contributed by atoms with Gasteiger partial charge in [-0.2, -0.15) is 0 Å². The molecular formula is C25H27FN6O2. The van der Waals surface area contributed by atoms with Gasteiger partial charge in [-0.15, -0.1) is 0 Å². The molecule has 5 rings (SSSR count). The van der Waals surface area contributed by atoms with Crippen molar-refractivity contribution in [3.05, 3.63) is 60.5 Å². The highest BCUT2D eigenvalue weighted by molar-refractivity contribution is 5.84. The Balaban J connectivity index is 1.30. The lowest BCUT2D eigenvalue weighted by Gasteiger charge is -2.29. The van der Waals surface area contributed by atoms with Crippen molar-refractivity contribution in [3.8, 4) is 11.3 Å². The number of nitrogens with two attached hydrogens (primary N) is 1. The molecule has 0 unspecified atom stereocenters. The van der Waals surface area contributed by atoms with Crippen LogP contribution in [-0.4, -0.2) is 54.8 Å². The molecule has 2 aliphatic rings. The third-order valence-electron chi connectivity index (χ3n) is 6.29. The van der Waals surface area contributed by atoms with Gasteiger partial charge >= 0.3 is 0 Å². The maximum absolute atomic E-state index is 14.7. The zero-order chi connectivity index (χ0) is 23.5. The number of hydrogen-bond donors (Lipinski definition) is 2. The Labute approximate surface area is 197 Å². The molecule has 3 aromatic rings. The average molecular weight is 463 g/mol. The van der Waals surface area contributed by atoms with Crippen molar-refractivity contribution >= 4 is 28.9 Å². The van der Waals surface area contributed by atoms with Gasteiger partial charge in [0.25, 0.3) is 0 Å². The van der Waals surface area contributed by atoms with Gasteiger partial charge in [-0.05, 0) is 49.2 Å². The van der Waals surface area contributed by atoms with Gasteiger partial charge in [-0.25, -0.2) is 14.4 Å². The number of ether oxygens (including phenoxy) is 1. The Morgan fingerprint density at radius 2 is 1.88 bits per heavy atom. The number of rotatable bonds is 6. The molecule has 2 saturated heterocycles. The number of hydrogen-bond acceptors (Lipinski definition) is 7. The standard InChI is InChI=1S/C25H27FN6O2/c26-20-16-18(5-8-22(20)31-12-14-34-15-13-31)29-25-28-10-9-21(30-25)17-3-6-19(7-4-17)32-11-1-2-23(32)24(27)33/h3-10,16,23H,1-2,11-15H2,(H2,27,33)(H,28,29,30)/t23-/m1/s1. The van der Waals surface area contributed by atoms with E-state index in [0.717, 1.165) is 36.3 Å². The van der Waals surface area contributed by atoms with Gasteiger partial charge in [-0.1, -0.05) is 12.1 Å². The average Bonchev–Trinajstić information content (AvgIpc) is 3.36. The molecule has 1 aromatic heterocycles. The first kappa shape index (κ1) is 22.1. The first-order valence-corrected chi connectivity index (χ1v) is 11.5. The molecule has 2 fully saturated rings. The van der Waals surface area contributed by atoms with Crippen LogP contribution in [0.3, 0.4) is 0 Å². The van der Waals surface area contributed by atoms with Gasteiger partial charge in [0.15, 0.2) is 0 Å². The quantitative estimate of drug-likeness (QED) is 0.580. The number of aromatic nitrogens is 2. The molecule has 3 heterocycles. The first-order valence-electron chi connectivity index (χ1n) is 11.5. The van der Waals surface area contributed by atoms with E-state index in [-0.39, 0.29) is 17.8 Å². The molecule has 0 bridgehead atoms. The van der Waals surface area contributed by atoms with Crippen LogP contribution >= 0.6 is 0 Å². The highest BCUT2D eigenvalue weighted by Gasteiger charge is 2.29. The maximum Gasteiger partial charge on any atom is 0.240 e. The Morgan fingerprint density at radius 3 is 2.62 bits per heavy atom. The number of nitrogens with one attached hydrogen (secondary N) is 1. The second-order valence-electron chi connectivity index (χ2n) is 8.46. The minimum absolute atomic E-state index is 0.254. The molecule has 176 valence electrons. The molecule has 34 heavy (non-hydrogen) atoms. The van der Waals surface area contributed by atoms with E-state index < -0.39 is 0 Å². The number of benzene rings is 2. The second kappa shape index (κ2) is 9.64. The topological polar surface area (TPSA) is 96.6 Å². The summed E-state index contributed by atoms with van der Waals surface area (Å²) in [5.41, 5.74) is 9.31. The lowest BCUT2D eigenvalue weighted by molar-refractivity contribution is -0.119. The van der Waals surface area contributed by atoms with Crippen molar-refractivity contribution in [1.82, 2.24) is 9.97 Å². The molecule has 0 radical (unpaired) electrons. The monoisotopic (exact) mass is 462 g/mol. The Morgan fingerprint density at radius 1 is 1.09 bits per heavy atom. The van der Waals surface area contributed by atoms with Gasteiger partial charge in [0.1, 0.15) is 11.9 Å². The lowest BCUT2D eigenvalue weighted by Crippen LogP contribution is -2.40. The zero-order valence-corrected chi connectivity index (χ0v) is 18.8. The number of halogens is 1. The summed E-state index contributed by atoms with van der Waals surface area (Å²) >= 11 is 0. The highest BCUT2D eigenvalue weighted by atomic mass is 19.1. The van der Waals surface area contributed by atoms with Crippen LogP contribution in [0.2, 0.25) is 0 Å². The van der Waals surface area contributed by atoms with Crippen LogP contribution in [0.15, 0.2) is 54.7 Å². The summed E-state index contributed by atoms with van der Waals surface area (Å²) in [6.07, 6.45) is 3.40. The van der Waals surface area contributed by atoms with E-state index in [0.29, 0.717) is 43.6 Å². The fraction of sp³-hybridized carbons (Fsp3) is 0.320. The summed E-state index contributed by atoms with van der Waals surface area (Å²) in [6, 6.07) is 14.5. The van der Waals surface area contributed by atoms with E-state index in [1.807, 2.05) is 46.2 Å². The molecule has 0 spiro atoms. The molecule has 2 aliphatic heterocycles. The van der Waals surface area contributed by atoms with E-state index in [2.05, 4.69) is 15.3 Å². The van der Waals surface area contributed by atoms with Crippen LogP contribution < -0.4 is 20.9 Å². The van der Waals surface area contributed by atoms with Crippen molar-refractivity contribution in [2.75, 3.05) is 48.0 Å². The predicted molar refractivity (Wildman–Crippen MR) is 130 cm³/mol. The van der Waals surface area contributed by atoms with E-state index in [1.54, 1.807) is 12.3 Å². The molecule has 9 heteroatoms. The van der Waals surface area contributed by atoms with Crippen molar-refractivity contribution in [2.45, 2.75) is 18.9 Å². The number of carbonyl (C=O) groups is 1. The molecule has 8 nitrogen and oxygen atoms in total. The summed E-state index contributed by atoms with van der Waals surface area (Å²) in [5, 5.41) is 3.09. The summed E-state index contributed by atoms with van der Waals surface area (Å²) in [7, 11) is 0. The number of nitrogens with zero attached hydrogens (tertiary/aromatic N) is 4. The summed E-state index contributed by atoms with van der Waals surface area (Å²) in [6.45, 7) is 3.37. The van der Waals surface area contributed by atoms with Crippen LogP contribution in [0, 0.1) is 5.82 Å². The van der Waals surface area contributed by atoms with Crippen molar-refractivity contribution in [1.29, 1.82) is 0 Å². The number of primary amides is 1. The fourth-order valence-corrected chi connectivity index (χ4v) is 4.55. The number of anilines is 4. The minimum Gasteiger partial charge on any atom is -0.378 e. The summed E-state index contributed by atoms with van der Waals surface area (Å²) in [5.74, 6) is -0.203. The molecule has 3 N–H and O–H groups in total. The van der Waals surface area contributed by atoms with Crippen LogP contribution in [0.1, 0.15) is 12.8 Å². The van der Waals surface area contributed by atoms with Crippen LogP contribution in [-0.2, 0) is 9.53 Å². The third-order valence-corrected chi connectivity index (χ3v) is 6.29. The predicted octanol–water partition coefficient (Wildman–Crippen LogP) is 3.32. The number of carbonyl (C=O) groups excluding carboxylic acids is 1. The Bertz CT molecular complexity index is 1170. The van der Waals surface area contributed by atoms with E-state index >= 15 is 0 Å². The third kappa shape index (κ3) is 4.65. The van der Waals surface area contributed by atoms with Gasteiger partial charge in [0.05, 0.1) is 24.6 Å². The smallest absolute Gasteiger partial charge is 0.240 e. The summed E-state index contributed by atoms with van der Waals surface area (Å²) in [4.78, 5) is 24.6. The molecule has 1 amide bonds. The van der Waals surface area contributed by atoms with Crippen molar-refractivity contribution in [3.63, 3.8) is 0 Å². The molecule has 0 saturated carbocycles. The highest BCUT2D eigenvalue weighted by Crippen LogP contribution is 2.29. The lowest BCUT2D eigenvalue weighted by atomic mass is 10.1. The molecular weight excluding hydrogens is 435 g/mol. The van der Waals surface area contributed by atoms with Crippen LogP contribution in [0.4, 0.5) is 27.4 Å². The molecule has 1 atom stereocenters. The van der Waals surface area contributed by atoms with Crippen molar-refractivity contribution < 1.29 is 13.9 Å². The molecule has 0 aliphatic carbocycles. The fourth-order valence-electron chi connectivity index (χ4n) is 4.55.